The Morgan fingerprint density at radius 2 is 2.07 bits per heavy atom. The number of halogens is 1. The van der Waals surface area contributed by atoms with Crippen molar-refractivity contribution in [3.8, 4) is 5.75 Å². The quantitative estimate of drug-likeness (QED) is 0.737. The lowest BCUT2D eigenvalue weighted by Gasteiger charge is -2.05. The van der Waals surface area contributed by atoms with Crippen LogP contribution in [-0.2, 0) is 20.9 Å². The highest BCUT2D eigenvalue weighted by Gasteiger charge is 2.08. The summed E-state index contributed by atoms with van der Waals surface area (Å²) < 4.78 is 43.9. The Kier molecular flexibility index (Phi) is 3.65. The fourth-order valence-electron chi connectivity index (χ4n) is 0.959. The van der Waals surface area contributed by atoms with Crippen LogP contribution in [0.15, 0.2) is 18.2 Å². The van der Waals surface area contributed by atoms with Crippen LogP contribution in [0.25, 0.3) is 0 Å². The van der Waals surface area contributed by atoms with Crippen molar-refractivity contribution in [2.75, 3.05) is 13.4 Å². The molecular formula is C9H11FO4S. The number of ether oxygens (including phenoxy) is 1. The second-order valence-corrected chi connectivity index (χ2v) is 4.57. The zero-order valence-corrected chi connectivity index (χ0v) is 9.17. The van der Waals surface area contributed by atoms with Crippen LogP contribution >= 0.6 is 0 Å². The van der Waals surface area contributed by atoms with Crippen LogP contribution < -0.4 is 4.74 Å². The molecule has 0 fully saturated rings. The van der Waals surface area contributed by atoms with Gasteiger partial charge in [-0.05, 0) is 18.2 Å². The molecule has 0 radical (unpaired) electrons. The maximum absolute atomic E-state index is 13.2. The van der Waals surface area contributed by atoms with Crippen molar-refractivity contribution in [3.63, 3.8) is 0 Å². The summed E-state index contributed by atoms with van der Waals surface area (Å²) in [6.45, 7) is -0.331. The molecule has 0 atom stereocenters. The first kappa shape index (κ1) is 11.9. The largest absolute Gasteiger partial charge is 0.497 e. The van der Waals surface area contributed by atoms with Crippen molar-refractivity contribution in [1.82, 2.24) is 0 Å². The van der Waals surface area contributed by atoms with Crippen molar-refractivity contribution in [2.24, 2.45) is 0 Å². The second kappa shape index (κ2) is 4.59. The van der Waals surface area contributed by atoms with Gasteiger partial charge in [0.15, 0.2) is 0 Å². The van der Waals surface area contributed by atoms with Gasteiger partial charge in [-0.2, -0.15) is 8.42 Å². The van der Waals surface area contributed by atoms with Gasteiger partial charge in [0.25, 0.3) is 10.1 Å². The molecule has 0 spiro atoms. The molecule has 0 aliphatic rings. The number of benzene rings is 1. The first-order valence-corrected chi connectivity index (χ1v) is 5.91. The number of rotatable bonds is 4. The van der Waals surface area contributed by atoms with E-state index in [0.717, 1.165) is 6.26 Å². The molecule has 0 saturated heterocycles. The molecule has 1 rings (SSSR count). The fraction of sp³-hybridized carbons (Fsp3) is 0.333. The fourth-order valence-corrected chi connectivity index (χ4v) is 1.30. The lowest BCUT2D eigenvalue weighted by Crippen LogP contribution is -2.04. The van der Waals surface area contributed by atoms with Crippen molar-refractivity contribution in [2.45, 2.75) is 6.61 Å². The van der Waals surface area contributed by atoms with Gasteiger partial charge in [-0.3, -0.25) is 4.18 Å². The minimum atomic E-state index is -3.57. The van der Waals surface area contributed by atoms with E-state index in [1.54, 1.807) is 0 Å². The topological polar surface area (TPSA) is 52.6 Å². The highest BCUT2D eigenvalue weighted by atomic mass is 32.2. The van der Waals surface area contributed by atoms with Crippen LogP contribution in [0.4, 0.5) is 4.39 Å². The summed E-state index contributed by atoms with van der Waals surface area (Å²) in [5.41, 5.74) is 0.139. The molecule has 84 valence electrons. The molecule has 0 unspecified atom stereocenters. The summed E-state index contributed by atoms with van der Waals surface area (Å²) in [4.78, 5) is 0. The van der Waals surface area contributed by atoms with Gasteiger partial charge in [0.2, 0.25) is 0 Å². The molecule has 1 aromatic rings. The molecule has 0 N–H and O–H groups in total. The van der Waals surface area contributed by atoms with Crippen LogP contribution in [0.3, 0.4) is 0 Å². The Bertz CT molecular complexity index is 441. The molecule has 0 heterocycles. The van der Waals surface area contributed by atoms with E-state index in [9.17, 15) is 12.8 Å². The molecule has 0 aliphatic heterocycles. The summed E-state index contributed by atoms with van der Waals surface area (Å²) in [5, 5.41) is 0. The maximum Gasteiger partial charge on any atom is 0.264 e. The van der Waals surface area contributed by atoms with Crippen LogP contribution in [-0.4, -0.2) is 21.8 Å². The standard InChI is InChI=1S/C9H11FO4S/c1-13-8-3-4-9(10)7(5-8)6-14-15(2,11)12/h3-5H,6H2,1-2H3. The number of hydrogen-bond donors (Lipinski definition) is 0. The lowest BCUT2D eigenvalue weighted by atomic mass is 10.2. The average molecular weight is 234 g/mol. The van der Waals surface area contributed by atoms with E-state index in [4.69, 9.17) is 4.74 Å². The van der Waals surface area contributed by atoms with E-state index in [1.165, 1.54) is 25.3 Å². The predicted octanol–water partition coefficient (Wildman–Crippen LogP) is 1.31. The van der Waals surface area contributed by atoms with Gasteiger partial charge in [-0.15, -0.1) is 0 Å². The summed E-state index contributed by atoms with van der Waals surface area (Å²) in [7, 11) is -2.13. The van der Waals surface area contributed by atoms with E-state index < -0.39 is 15.9 Å². The third kappa shape index (κ3) is 3.85. The Morgan fingerprint density at radius 3 is 2.60 bits per heavy atom. The third-order valence-electron chi connectivity index (χ3n) is 1.68. The summed E-state index contributed by atoms with van der Waals surface area (Å²) in [5.74, 6) is -0.0806. The smallest absolute Gasteiger partial charge is 0.264 e. The highest BCUT2D eigenvalue weighted by Crippen LogP contribution is 2.17. The molecule has 0 bridgehead atoms. The molecule has 1 aromatic carbocycles. The second-order valence-electron chi connectivity index (χ2n) is 2.92. The summed E-state index contributed by atoms with van der Waals surface area (Å²) in [6, 6.07) is 4.03. The van der Waals surface area contributed by atoms with Gasteiger partial charge in [0.1, 0.15) is 11.6 Å². The van der Waals surface area contributed by atoms with E-state index in [2.05, 4.69) is 4.18 Å². The van der Waals surface area contributed by atoms with Gasteiger partial charge in [0.05, 0.1) is 20.0 Å². The van der Waals surface area contributed by atoms with Gasteiger partial charge in [-0.25, -0.2) is 4.39 Å². The summed E-state index contributed by atoms with van der Waals surface area (Å²) >= 11 is 0. The molecular weight excluding hydrogens is 223 g/mol. The molecule has 6 heteroatoms. The normalized spacial score (nSPS) is 11.4. The molecule has 0 saturated carbocycles. The van der Waals surface area contributed by atoms with Crippen molar-refractivity contribution >= 4 is 10.1 Å². The van der Waals surface area contributed by atoms with Crippen LogP contribution in [0.5, 0.6) is 5.75 Å². The van der Waals surface area contributed by atoms with Gasteiger partial charge in [-0.1, -0.05) is 0 Å². The Morgan fingerprint density at radius 1 is 1.40 bits per heavy atom. The van der Waals surface area contributed by atoms with Gasteiger partial charge in [0, 0.05) is 5.56 Å². The number of hydrogen-bond acceptors (Lipinski definition) is 4. The Balaban J connectivity index is 2.84. The van der Waals surface area contributed by atoms with Gasteiger partial charge >= 0.3 is 0 Å². The zero-order valence-electron chi connectivity index (χ0n) is 8.36. The molecule has 0 aliphatic carbocycles. The van der Waals surface area contributed by atoms with Gasteiger partial charge < -0.3 is 4.74 Å². The molecule has 4 nitrogen and oxygen atoms in total. The Hall–Kier alpha value is -1.14. The van der Waals surface area contributed by atoms with Crippen molar-refractivity contribution < 1.29 is 21.7 Å². The highest BCUT2D eigenvalue weighted by molar-refractivity contribution is 7.85. The van der Waals surface area contributed by atoms with E-state index in [0.29, 0.717) is 5.75 Å². The van der Waals surface area contributed by atoms with Crippen molar-refractivity contribution in [3.05, 3.63) is 29.6 Å². The Labute approximate surface area is 87.8 Å². The van der Waals surface area contributed by atoms with Crippen molar-refractivity contribution in [1.29, 1.82) is 0 Å². The van der Waals surface area contributed by atoms with E-state index in [-0.39, 0.29) is 12.2 Å². The van der Waals surface area contributed by atoms with Crippen LogP contribution in [0.1, 0.15) is 5.56 Å². The third-order valence-corrected chi connectivity index (χ3v) is 2.23. The summed E-state index contributed by atoms with van der Waals surface area (Å²) in [6.07, 6.45) is 0.908. The maximum atomic E-state index is 13.2. The molecule has 15 heavy (non-hydrogen) atoms. The van der Waals surface area contributed by atoms with Crippen LogP contribution in [0.2, 0.25) is 0 Å². The van der Waals surface area contributed by atoms with E-state index >= 15 is 0 Å². The molecule has 0 amide bonds. The first-order chi connectivity index (χ1) is 6.92. The zero-order chi connectivity index (χ0) is 11.5. The minimum Gasteiger partial charge on any atom is -0.497 e. The monoisotopic (exact) mass is 234 g/mol. The number of methoxy groups -OCH3 is 1. The average Bonchev–Trinajstić information content (AvgIpc) is 2.15. The first-order valence-electron chi connectivity index (χ1n) is 4.09. The van der Waals surface area contributed by atoms with Crippen LogP contribution in [0, 0.1) is 5.82 Å². The predicted molar refractivity (Wildman–Crippen MR) is 52.6 cm³/mol. The minimum absolute atomic E-state index is 0.139. The molecule has 0 aromatic heterocycles. The lowest BCUT2D eigenvalue weighted by molar-refractivity contribution is 0.304. The SMILES string of the molecule is COc1ccc(F)c(COS(C)(=O)=O)c1. The van der Waals surface area contributed by atoms with E-state index in [1.807, 2.05) is 0 Å².